The summed E-state index contributed by atoms with van der Waals surface area (Å²) < 4.78 is 0. The lowest BCUT2D eigenvalue weighted by atomic mass is 9.86. The van der Waals surface area contributed by atoms with E-state index in [0.717, 1.165) is 43.0 Å². The van der Waals surface area contributed by atoms with E-state index in [2.05, 4.69) is 15.3 Å². The number of nitrogens with one attached hydrogen (secondary N) is 1. The number of hydrogen-bond acceptors (Lipinski definition) is 4. The number of hydrogen-bond donors (Lipinski definition) is 2. The third kappa shape index (κ3) is 3.18. The van der Waals surface area contributed by atoms with Gasteiger partial charge in [-0.3, -0.25) is 4.79 Å². The van der Waals surface area contributed by atoms with Gasteiger partial charge in [-0.15, -0.1) is 0 Å². The molecule has 0 aromatic carbocycles. The molecular weight excluding hydrogens is 230 g/mol. The highest BCUT2D eigenvalue weighted by Crippen LogP contribution is 2.26. The molecule has 0 saturated heterocycles. The number of carbonyl (C=O) groups is 1. The fourth-order valence-electron chi connectivity index (χ4n) is 2.48. The lowest BCUT2D eigenvalue weighted by Gasteiger charge is -2.27. The molecular formula is C13H19N3O2. The van der Waals surface area contributed by atoms with Crippen molar-refractivity contribution in [3.63, 3.8) is 0 Å². The molecule has 18 heavy (non-hydrogen) atoms. The molecule has 1 aromatic rings. The molecule has 0 aliphatic heterocycles. The fraction of sp³-hybridized carbons (Fsp3) is 0.615. The van der Waals surface area contributed by atoms with Crippen molar-refractivity contribution in [3.8, 4) is 0 Å². The van der Waals surface area contributed by atoms with E-state index in [4.69, 9.17) is 5.11 Å². The lowest BCUT2D eigenvalue weighted by molar-refractivity contribution is -0.142. The van der Waals surface area contributed by atoms with Crippen LogP contribution in [0.3, 0.4) is 0 Å². The van der Waals surface area contributed by atoms with Gasteiger partial charge in [0.05, 0.1) is 5.92 Å². The summed E-state index contributed by atoms with van der Waals surface area (Å²) in [6, 6.07) is 2.25. The zero-order valence-corrected chi connectivity index (χ0v) is 10.8. The molecule has 0 bridgehead atoms. The molecule has 0 radical (unpaired) electrons. The van der Waals surface area contributed by atoms with Crippen molar-refractivity contribution in [2.45, 2.75) is 45.6 Å². The molecule has 1 aliphatic carbocycles. The summed E-state index contributed by atoms with van der Waals surface area (Å²) in [7, 11) is 0. The number of rotatable bonds is 3. The van der Waals surface area contributed by atoms with E-state index in [9.17, 15) is 4.79 Å². The van der Waals surface area contributed by atoms with E-state index < -0.39 is 5.97 Å². The smallest absolute Gasteiger partial charge is 0.306 e. The van der Waals surface area contributed by atoms with Gasteiger partial charge in [0.2, 0.25) is 0 Å². The van der Waals surface area contributed by atoms with E-state index in [-0.39, 0.29) is 5.92 Å². The average Bonchev–Trinajstić information content (AvgIpc) is 2.28. The van der Waals surface area contributed by atoms with Crippen LogP contribution in [0, 0.1) is 19.8 Å². The number of carboxylic acid groups (broad SMARTS) is 1. The van der Waals surface area contributed by atoms with Crippen molar-refractivity contribution in [2.24, 2.45) is 5.92 Å². The number of nitrogens with zero attached hydrogens (tertiary/aromatic N) is 2. The minimum atomic E-state index is -0.665. The van der Waals surface area contributed by atoms with Crippen molar-refractivity contribution < 1.29 is 9.90 Å². The Morgan fingerprint density at radius 2 is 1.94 bits per heavy atom. The van der Waals surface area contributed by atoms with E-state index in [1.165, 1.54) is 0 Å². The maximum Gasteiger partial charge on any atom is 0.306 e. The first-order valence-electron chi connectivity index (χ1n) is 6.36. The van der Waals surface area contributed by atoms with Gasteiger partial charge in [0.1, 0.15) is 11.6 Å². The Balaban J connectivity index is 1.93. The molecule has 2 N–H and O–H groups in total. The fourth-order valence-corrected chi connectivity index (χ4v) is 2.48. The second-order valence-electron chi connectivity index (χ2n) is 4.97. The van der Waals surface area contributed by atoms with Crippen LogP contribution < -0.4 is 5.32 Å². The predicted octanol–water partition coefficient (Wildman–Crippen LogP) is 2.15. The van der Waals surface area contributed by atoms with Crippen molar-refractivity contribution in [2.75, 3.05) is 5.32 Å². The standard InChI is InChI=1S/C13H19N3O2/c1-8-7-12(15-9(2)14-8)16-11-5-3-10(4-6-11)13(17)18/h7,10-11H,3-6H2,1-2H3,(H,17,18)(H,14,15,16). The van der Waals surface area contributed by atoms with Crippen LogP contribution in [0.15, 0.2) is 6.07 Å². The molecule has 1 heterocycles. The average molecular weight is 249 g/mol. The van der Waals surface area contributed by atoms with Gasteiger partial charge in [0.15, 0.2) is 0 Å². The van der Waals surface area contributed by atoms with Crippen molar-refractivity contribution in [1.29, 1.82) is 0 Å². The molecule has 1 aliphatic rings. The summed E-state index contributed by atoms with van der Waals surface area (Å²) in [5.41, 5.74) is 0.948. The third-order valence-electron chi connectivity index (χ3n) is 3.39. The first kappa shape index (κ1) is 12.8. The monoisotopic (exact) mass is 249 g/mol. The van der Waals surface area contributed by atoms with E-state index in [0.29, 0.717) is 6.04 Å². The number of anilines is 1. The molecule has 1 saturated carbocycles. The summed E-state index contributed by atoms with van der Waals surface area (Å²) in [5.74, 6) is 0.773. The van der Waals surface area contributed by atoms with Crippen molar-refractivity contribution in [1.82, 2.24) is 9.97 Å². The zero-order chi connectivity index (χ0) is 13.1. The molecule has 2 rings (SSSR count). The molecule has 0 spiro atoms. The quantitative estimate of drug-likeness (QED) is 0.858. The van der Waals surface area contributed by atoms with Crippen LogP contribution >= 0.6 is 0 Å². The molecule has 1 fully saturated rings. The Morgan fingerprint density at radius 3 is 2.50 bits per heavy atom. The van der Waals surface area contributed by atoms with Crippen molar-refractivity contribution in [3.05, 3.63) is 17.6 Å². The minimum Gasteiger partial charge on any atom is -0.481 e. The highest BCUT2D eigenvalue weighted by atomic mass is 16.4. The topological polar surface area (TPSA) is 75.1 Å². The Hall–Kier alpha value is -1.65. The van der Waals surface area contributed by atoms with Crippen LogP contribution in [0.25, 0.3) is 0 Å². The van der Waals surface area contributed by atoms with Crippen LogP contribution in [0.4, 0.5) is 5.82 Å². The molecule has 5 heteroatoms. The molecule has 0 atom stereocenters. The van der Waals surface area contributed by atoms with Gasteiger partial charge in [-0.1, -0.05) is 0 Å². The van der Waals surface area contributed by atoms with Gasteiger partial charge >= 0.3 is 5.97 Å². The number of aliphatic carboxylic acids is 1. The summed E-state index contributed by atoms with van der Waals surface area (Å²) in [6.45, 7) is 3.82. The molecule has 5 nitrogen and oxygen atoms in total. The Labute approximate surface area is 107 Å². The van der Waals surface area contributed by atoms with Gasteiger partial charge in [-0.05, 0) is 39.5 Å². The lowest BCUT2D eigenvalue weighted by Crippen LogP contribution is -2.29. The molecule has 0 unspecified atom stereocenters. The van der Waals surface area contributed by atoms with Gasteiger partial charge in [0, 0.05) is 17.8 Å². The molecule has 1 aromatic heterocycles. The SMILES string of the molecule is Cc1cc(NC2CCC(C(=O)O)CC2)nc(C)n1. The maximum absolute atomic E-state index is 10.9. The van der Waals surface area contributed by atoms with Crippen LogP contribution in [-0.2, 0) is 4.79 Å². The first-order chi connectivity index (χ1) is 8.54. The number of aryl methyl sites for hydroxylation is 2. The summed E-state index contributed by atoms with van der Waals surface area (Å²) in [4.78, 5) is 19.4. The second-order valence-corrected chi connectivity index (χ2v) is 4.97. The van der Waals surface area contributed by atoms with Gasteiger partial charge in [-0.2, -0.15) is 0 Å². The van der Waals surface area contributed by atoms with Crippen molar-refractivity contribution >= 4 is 11.8 Å². The van der Waals surface area contributed by atoms with Gasteiger partial charge in [-0.25, -0.2) is 9.97 Å². The summed E-state index contributed by atoms with van der Waals surface area (Å²) >= 11 is 0. The summed E-state index contributed by atoms with van der Waals surface area (Å²) in [6.07, 6.45) is 3.27. The highest BCUT2D eigenvalue weighted by Gasteiger charge is 2.25. The summed E-state index contributed by atoms with van der Waals surface area (Å²) in [5, 5.41) is 12.3. The molecule has 98 valence electrons. The predicted molar refractivity (Wildman–Crippen MR) is 68.5 cm³/mol. The normalized spacial score (nSPS) is 23.7. The van der Waals surface area contributed by atoms with Crippen LogP contribution in [0.5, 0.6) is 0 Å². The largest absolute Gasteiger partial charge is 0.481 e. The van der Waals surface area contributed by atoms with E-state index >= 15 is 0 Å². The maximum atomic E-state index is 10.9. The van der Waals surface area contributed by atoms with E-state index in [1.54, 1.807) is 0 Å². The number of carboxylic acids is 1. The van der Waals surface area contributed by atoms with E-state index in [1.807, 2.05) is 19.9 Å². The minimum absolute atomic E-state index is 0.170. The second kappa shape index (κ2) is 5.33. The van der Waals surface area contributed by atoms with Crippen LogP contribution in [-0.4, -0.2) is 27.1 Å². The van der Waals surface area contributed by atoms with Crippen LogP contribution in [0.1, 0.15) is 37.2 Å². The van der Waals surface area contributed by atoms with Gasteiger partial charge in [0.25, 0.3) is 0 Å². The Bertz CT molecular complexity index is 420. The zero-order valence-electron chi connectivity index (χ0n) is 10.8. The first-order valence-corrected chi connectivity index (χ1v) is 6.36. The number of aromatic nitrogens is 2. The third-order valence-corrected chi connectivity index (χ3v) is 3.39. The molecule has 0 amide bonds. The Morgan fingerprint density at radius 1 is 1.28 bits per heavy atom. The van der Waals surface area contributed by atoms with Gasteiger partial charge < -0.3 is 10.4 Å². The Kier molecular flexibility index (Phi) is 3.79. The highest BCUT2D eigenvalue weighted by molar-refractivity contribution is 5.70. The van der Waals surface area contributed by atoms with Crippen LogP contribution in [0.2, 0.25) is 0 Å².